The standard InChI is InChI=1S/C11H13Cl3N6O3/c12-10(13,14)5-3-1-2-4-6(5)11(18-7(15)21,19-8(16)22)20-9(17)23/h1-4H,(H3,15,18,21)(H3,16,19,22)(H3,17,20,23). The Morgan fingerprint density at radius 1 is 0.783 bits per heavy atom. The van der Waals surface area contributed by atoms with E-state index in [4.69, 9.17) is 52.0 Å². The summed E-state index contributed by atoms with van der Waals surface area (Å²) in [6, 6.07) is 2.43. The zero-order valence-corrected chi connectivity index (χ0v) is 13.7. The average Bonchev–Trinajstić information content (AvgIpc) is 2.35. The van der Waals surface area contributed by atoms with Crippen molar-refractivity contribution >= 4 is 52.9 Å². The Balaban J connectivity index is 3.64. The zero-order chi connectivity index (χ0) is 17.8. The largest absolute Gasteiger partial charge is 0.352 e. The van der Waals surface area contributed by atoms with E-state index < -0.39 is 27.7 Å². The van der Waals surface area contributed by atoms with Gasteiger partial charge >= 0.3 is 18.1 Å². The van der Waals surface area contributed by atoms with Gasteiger partial charge in [-0.2, -0.15) is 0 Å². The van der Waals surface area contributed by atoms with E-state index in [1.165, 1.54) is 24.3 Å². The van der Waals surface area contributed by atoms with Crippen molar-refractivity contribution in [2.75, 3.05) is 0 Å². The summed E-state index contributed by atoms with van der Waals surface area (Å²) in [6.45, 7) is 0. The molecule has 0 saturated carbocycles. The molecule has 1 rings (SSSR count). The SMILES string of the molecule is NC(=O)NC(NC(N)=O)(NC(N)=O)c1ccccc1C(Cl)(Cl)Cl. The molecular formula is C11H13Cl3N6O3. The molecule has 0 spiro atoms. The third-order valence-corrected chi connectivity index (χ3v) is 3.18. The number of primary amides is 3. The van der Waals surface area contributed by atoms with Crippen LogP contribution >= 0.6 is 34.8 Å². The van der Waals surface area contributed by atoms with Crippen molar-refractivity contribution in [3.8, 4) is 0 Å². The van der Waals surface area contributed by atoms with Gasteiger partial charge < -0.3 is 17.2 Å². The lowest BCUT2D eigenvalue weighted by atomic mass is 10.0. The van der Waals surface area contributed by atoms with E-state index in [1.807, 2.05) is 0 Å². The van der Waals surface area contributed by atoms with Crippen molar-refractivity contribution in [2.45, 2.75) is 9.58 Å². The van der Waals surface area contributed by atoms with Crippen LogP contribution in [0.25, 0.3) is 0 Å². The lowest BCUT2D eigenvalue weighted by Crippen LogP contribution is -2.70. The summed E-state index contributed by atoms with van der Waals surface area (Å²) in [7, 11) is 0. The predicted octanol–water partition coefficient (Wildman–Crippen LogP) is 0.629. The van der Waals surface area contributed by atoms with Gasteiger partial charge in [0.25, 0.3) is 0 Å². The minimum Gasteiger partial charge on any atom is -0.352 e. The van der Waals surface area contributed by atoms with E-state index in [0.717, 1.165) is 0 Å². The van der Waals surface area contributed by atoms with E-state index in [0.29, 0.717) is 0 Å². The molecule has 0 heterocycles. The lowest BCUT2D eigenvalue weighted by molar-refractivity contribution is 0.185. The third-order valence-electron chi connectivity index (χ3n) is 2.57. The molecule has 0 saturated heterocycles. The fraction of sp³-hybridized carbons (Fsp3) is 0.182. The van der Waals surface area contributed by atoms with E-state index in [-0.39, 0.29) is 11.1 Å². The van der Waals surface area contributed by atoms with Crippen LogP contribution in [0.2, 0.25) is 0 Å². The Morgan fingerprint density at radius 2 is 1.13 bits per heavy atom. The Kier molecular flexibility index (Phi) is 5.75. The zero-order valence-electron chi connectivity index (χ0n) is 11.4. The van der Waals surface area contributed by atoms with E-state index >= 15 is 0 Å². The first-order valence-corrected chi connectivity index (χ1v) is 7.01. The van der Waals surface area contributed by atoms with Gasteiger partial charge in [-0.15, -0.1) is 0 Å². The maximum atomic E-state index is 11.3. The summed E-state index contributed by atoms with van der Waals surface area (Å²) >= 11 is 17.6. The maximum Gasteiger partial charge on any atom is 0.315 e. The summed E-state index contributed by atoms with van der Waals surface area (Å²) in [4.78, 5) is 34.0. The first-order valence-electron chi connectivity index (χ1n) is 5.87. The van der Waals surface area contributed by atoms with Crippen LogP contribution in [0.5, 0.6) is 0 Å². The van der Waals surface area contributed by atoms with Crippen LogP contribution in [0.15, 0.2) is 24.3 Å². The molecule has 6 amide bonds. The highest BCUT2D eigenvalue weighted by molar-refractivity contribution is 6.66. The van der Waals surface area contributed by atoms with Gasteiger partial charge in [0.05, 0.1) is 0 Å². The molecule has 0 bridgehead atoms. The minimum absolute atomic E-state index is 0.0172. The molecule has 12 heteroatoms. The van der Waals surface area contributed by atoms with Gasteiger partial charge in [0.15, 0.2) is 0 Å². The molecule has 0 fully saturated rings. The van der Waals surface area contributed by atoms with Crippen molar-refractivity contribution in [2.24, 2.45) is 17.2 Å². The monoisotopic (exact) mass is 382 g/mol. The summed E-state index contributed by atoms with van der Waals surface area (Å²) in [6.07, 6.45) is 0. The number of alkyl halides is 3. The number of carbonyl (C=O) groups excluding carboxylic acids is 3. The van der Waals surface area contributed by atoms with Crippen molar-refractivity contribution < 1.29 is 14.4 Å². The van der Waals surface area contributed by atoms with Crippen molar-refractivity contribution in [3.63, 3.8) is 0 Å². The Labute approximate surface area is 145 Å². The second-order valence-corrected chi connectivity index (χ2v) is 6.54. The first-order chi connectivity index (χ1) is 10.5. The summed E-state index contributed by atoms with van der Waals surface area (Å²) in [5.74, 6) is -2.12. The van der Waals surface area contributed by atoms with Gasteiger partial charge in [-0.1, -0.05) is 59.1 Å². The van der Waals surface area contributed by atoms with Crippen LogP contribution in [-0.4, -0.2) is 18.1 Å². The van der Waals surface area contributed by atoms with Crippen molar-refractivity contribution in [1.29, 1.82) is 0 Å². The maximum absolute atomic E-state index is 11.3. The molecule has 0 atom stereocenters. The molecule has 126 valence electrons. The molecule has 1 aromatic rings. The number of carbonyl (C=O) groups is 3. The predicted molar refractivity (Wildman–Crippen MR) is 85.5 cm³/mol. The van der Waals surface area contributed by atoms with Gasteiger partial charge in [-0.3, -0.25) is 16.0 Å². The van der Waals surface area contributed by atoms with Crippen LogP contribution in [0, 0.1) is 0 Å². The molecule has 0 aliphatic carbocycles. The molecular weight excluding hydrogens is 371 g/mol. The molecule has 23 heavy (non-hydrogen) atoms. The molecule has 0 aliphatic heterocycles. The lowest BCUT2D eigenvalue weighted by Gasteiger charge is -2.37. The van der Waals surface area contributed by atoms with Crippen LogP contribution in [0.4, 0.5) is 14.4 Å². The first kappa shape index (κ1) is 18.9. The molecule has 0 aliphatic rings. The van der Waals surface area contributed by atoms with Crippen LogP contribution in [-0.2, 0) is 9.58 Å². The number of amides is 6. The summed E-state index contributed by atoms with van der Waals surface area (Å²) < 4.78 is -1.96. The fourth-order valence-electron chi connectivity index (χ4n) is 1.91. The molecule has 0 aromatic heterocycles. The van der Waals surface area contributed by atoms with Gasteiger partial charge in [0.2, 0.25) is 9.58 Å². The van der Waals surface area contributed by atoms with E-state index in [1.54, 1.807) is 0 Å². The minimum atomic E-state index is -2.12. The Morgan fingerprint density at radius 3 is 1.43 bits per heavy atom. The average molecular weight is 384 g/mol. The number of benzene rings is 1. The highest BCUT2D eigenvalue weighted by atomic mass is 35.6. The number of hydrogen-bond acceptors (Lipinski definition) is 3. The van der Waals surface area contributed by atoms with Crippen LogP contribution in [0.1, 0.15) is 11.1 Å². The highest BCUT2D eigenvalue weighted by Gasteiger charge is 2.41. The Bertz CT molecular complexity index is 593. The smallest absolute Gasteiger partial charge is 0.315 e. The fourth-order valence-corrected chi connectivity index (χ4v) is 2.40. The highest BCUT2D eigenvalue weighted by Crippen LogP contribution is 2.41. The van der Waals surface area contributed by atoms with E-state index in [9.17, 15) is 14.4 Å². The molecule has 9 N–H and O–H groups in total. The second kappa shape index (κ2) is 6.99. The number of halogens is 3. The Hall–Kier alpha value is -2.10. The van der Waals surface area contributed by atoms with Gasteiger partial charge in [0.1, 0.15) is 0 Å². The van der Waals surface area contributed by atoms with Crippen LogP contribution in [0.3, 0.4) is 0 Å². The second-order valence-electron chi connectivity index (χ2n) is 4.26. The van der Waals surface area contributed by atoms with Gasteiger partial charge in [0, 0.05) is 11.1 Å². The van der Waals surface area contributed by atoms with Gasteiger partial charge in [-0.25, -0.2) is 14.4 Å². The number of nitrogens with two attached hydrogens (primary N) is 3. The topological polar surface area (TPSA) is 165 Å². The molecule has 1 aromatic carbocycles. The number of urea groups is 3. The summed E-state index contributed by atoms with van der Waals surface area (Å²) in [5.41, 5.74) is 15.3. The number of hydrogen-bond donors (Lipinski definition) is 6. The molecule has 9 nitrogen and oxygen atoms in total. The third kappa shape index (κ3) is 4.95. The van der Waals surface area contributed by atoms with Crippen molar-refractivity contribution in [1.82, 2.24) is 16.0 Å². The number of nitrogens with one attached hydrogen (secondary N) is 3. The normalized spacial score (nSPS) is 11.4. The van der Waals surface area contributed by atoms with Crippen LogP contribution < -0.4 is 33.2 Å². The summed E-state index contributed by atoms with van der Waals surface area (Å²) in [5, 5.41) is 6.37. The molecule has 0 radical (unpaired) electrons. The van der Waals surface area contributed by atoms with Crippen molar-refractivity contribution in [3.05, 3.63) is 35.4 Å². The quantitative estimate of drug-likeness (QED) is 0.332. The van der Waals surface area contributed by atoms with Gasteiger partial charge in [-0.05, 0) is 0 Å². The number of rotatable bonds is 4. The molecule has 0 unspecified atom stereocenters. The van der Waals surface area contributed by atoms with E-state index in [2.05, 4.69) is 16.0 Å².